The van der Waals surface area contributed by atoms with Crippen molar-refractivity contribution in [2.45, 2.75) is 194 Å². The Morgan fingerprint density at radius 3 is 0.955 bits per heavy atom. The number of rotatable bonds is 29. The van der Waals surface area contributed by atoms with Gasteiger partial charge in [-0.2, -0.15) is 0 Å². The molecule has 0 aromatic rings. The molecule has 0 aromatic carbocycles. The Kier molecular flexibility index (Phi) is 26.5. The van der Waals surface area contributed by atoms with Crippen LogP contribution in [0.15, 0.2) is 0 Å². The van der Waals surface area contributed by atoms with Gasteiger partial charge in [0.2, 0.25) is 11.8 Å². The second-order valence-corrected chi connectivity index (χ2v) is 13.7. The molecule has 1 aliphatic rings. The molecule has 0 atom stereocenters. The van der Waals surface area contributed by atoms with Crippen LogP contribution in [0.4, 0.5) is 0 Å². The van der Waals surface area contributed by atoms with Crippen LogP contribution in [0.3, 0.4) is 0 Å². The number of hydrogen-bond donors (Lipinski definition) is 1. The number of unbranched alkanes of at least 4 members (excludes halogenated alkanes) is 24. The summed E-state index contributed by atoms with van der Waals surface area (Å²) in [6.07, 6.45) is 34.0. The van der Waals surface area contributed by atoms with Crippen LogP contribution in [0.2, 0.25) is 0 Å². The largest absolute Gasteiger partial charge is 0.481 e. The monoisotopic (exact) mass is 621 g/mol. The van der Waals surface area contributed by atoms with Gasteiger partial charge in [-0.05, 0) is 12.8 Å². The highest BCUT2D eigenvalue weighted by Gasteiger charge is 2.31. The maximum Gasteiger partial charge on any atom is 0.310 e. The van der Waals surface area contributed by atoms with Crippen molar-refractivity contribution < 1.29 is 19.5 Å². The molecule has 0 radical (unpaired) electrons. The fraction of sp³-hybridized carbons (Fsp3) is 0.921. The van der Waals surface area contributed by atoms with Crippen LogP contribution < -0.4 is 0 Å². The third-order valence-electron chi connectivity index (χ3n) is 9.56. The van der Waals surface area contributed by atoms with Crippen molar-refractivity contribution in [3.05, 3.63) is 0 Å². The van der Waals surface area contributed by atoms with Gasteiger partial charge in [0.1, 0.15) is 0 Å². The molecule has 1 saturated heterocycles. The van der Waals surface area contributed by atoms with Crippen LogP contribution in [0.5, 0.6) is 0 Å². The number of aliphatic carboxylic acids is 1. The first-order chi connectivity index (χ1) is 21.5. The third-order valence-corrected chi connectivity index (χ3v) is 9.56. The number of carboxylic acids is 1. The van der Waals surface area contributed by atoms with Crippen molar-refractivity contribution in [2.24, 2.45) is 5.92 Å². The lowest BCUT2D eigenvalue weighted by Crippen LogP contribution is -2.38. The molecule has 0 spiro atoms. The summed E-state index contributed by atoms with van der Waals surface area (Å²) in [6, 6.07) is 0. The van der Waals surface area contributed by atoms with Crippen molar-refractivity contribution in [3.63, 3.8) is 0 Å². The summed E-state index contributed by atoms with van der Waals surface area (Å²) in [6.45, 7) is 5.86. The molecule has 258 valence electrons. The molecular formula is C38H72N2O4. The maximum atomic E-state index is 12.9. The number of amides is 2. The van der Waals surface area contributed by atoms with Crippen molar-refractivity contribution in [3.8, 4) is 0 Å². The van der Waals surface area contributed by atoms with Crippen LogP contribution in [0.1, 0.15) is 194 Å². The van der Waals surface area contributed by atoms with Crippen LogP contribution >= 0.6 is 0 Å². The smallest absolute Gasteiger partial charge is 0.310 e. The minimum atomic E-state index is -0.913. The number of carboxylic acid groups (broad SMARTS) is 1. The van der Waals surface area contributed by atoms with Crippen molar-refractivity contribution in [2.75, 3.05) is 26.2 Å². The van der Waals surface area contributed by atoms with Gasteiger partial charge in [-0.1, -0.05) is 168 Å². The fourth-order valence-electron chi connectivity index (χ4n) is 6.53. The zero-order valence-corrected chi connectivity index (χ0v) is 29.3. The summed E-state index contributed by atoms with van der Waals surface area (Å²) in [5, 5.41) is 9.78. The molecule has 1 N–H and O–H groups in total. The highest BCUT2D eigenvalue weighted by Crippen LogP contribution is 2.18. The average molecular weight is 621 g/mol. The van der Waals surface area contributed by atoms with E-state index >= 15 is 0 Å². The van der Waals surface area contributed by atoms with E-state index in [0.29, 0.717) is 25.9 Å². The third kappa shape index (κ3) is 22.0. The minimum absolute atomic E-state index is 0.0464. The van der Waals surface area contributed by atoms with Crippen LogP contribution in [0.25, 0.3) is 0 Å². The van der Waals surface area contributed by atoms with Crippen molar-refractivity contribution in [1.29, 1.82) is 0 Å². The van der Waals surface area contributed by atoms with E-state index in [-0.39, 0.29) is 24.9 Å². The molecule has 1 fully saturated rings. The van der Waals surface area contributed by atoms with Gasteiger partial charge in [0.15, 0.2) is 0 Å². The molecule has 0 bridgehead atoms. The van der Waals surface area contributed by atoms with Crippen LogP contribution in [-0.2, 0) is 14.4 Å². The van der Waals surface area contributed by atoms with Gasteiger partial charge in [-0.3, -0.25) is 14.4 Å². The Morgan fingerprint density at radius 1 is 0.455 bits per heavy atom. The molecule has 0 aliphatic carbocycles. The van der Waals surface area contributed by atoms with E-state index in [1.165, 1.54) is 141 Å². The Hall–Kier alpha value is -1.59. The van der Waals surface area contributed by atoms with E-state index in [4.69, 9.17) is 0 Å². The second-order valence-electron chi connectivity index (χ2n) is 13.7. The predicted octanol–water partition coefficient (Wildman–Crippen LogP) is 10.3. The quantitative estimate of drug-likeness (QED) is 0.0844. The first-order valence-corrected chi connectivity index (χ1v) is 19.3. The first-order valence-electron chi connectivity index (χ1n) is 19.3. The molecule has 1 rings (SSSR count). The summed E-state index contributed by atoms with van der Waals surface area (Å²) in [4.78, 5) is 41.2. The Bertz CT molecular complexity index is 661. The molecule has 6 nitrogen and oxygen atoms in total. The normalized spacial score (nSPS) is 14.2. The lowest BCUT2D eigenvalue weighted by Gasteiger charge is -2.22. The Labute approximate surface area is 272 Å². The lowest BCUT2D eigenvalue weighted by atomic mass is 10.0. The van der Waals surface area contributed by atoms with E-state index in [1.807, 2.05) is 0 Å². The van der Waals surface area contributed by atoms with Gasteiger partial charge in [0, 0.05) is 39.0 Å². The van der Waals surface area contributed by atoms with Crippen LogP contribution in [0, 0.1) is 5.92 Å². The van der Waals surface area contributed by atoms with Crippen LogP contribution in [-0.4, -0.2) is 58.9 Å². The average Bonchev–Trinajstić information content (AvgIpc) is 3.25. The molecule has 44 heavy (non-hydrogen) atoms. The van der Waals surface area contributed by atoms with E-state index in [0.717, 1.165) is 25.7 Å². The number of carbonyl (C=O) groups is 3. The molecular weight excluding hydrogens is 548 g/mol. The van der Waals surface area contributed by atoms with E-state index in [1.54, 1.807) is 9.80 Å². The summed E-state index contributed by atoms with van der Waals surface area (Å²) < 4.78 is 0. The molecule has 0 saturated carbocycles. The molecule has 0 unspecified atom stereocenters. The SMILES string of the molecule is CCCCCCCCCCCCCCCC(=O)N1CCN(C(=O)CCCCCCCCCCCCCCC)CC(C(=O)O)C1. The molecule has 6 heteroatoms. The summed E-state index contributed by atoms with van der Waals surface area (Å²) in [7, 11) is 0. The van der Waals surface area contributed by atoms with Gasteiger partial charge in [0.05, 0.1) is 5.92 Å². The molecule has 1 heterocycles. The highest BCUT2D eigenvalue weighted by molar-refractivity contribution is 5.80. The Balaban J connectivity index is 2.15. The summed E-state index contributed by atoms with van der Waals surface area (Å²) in [5.41, 5.74) is 0. The van der Waals surface area contributed by atoms with E-state index in [9.17, 15) is 19.5 Å². The zero-order chi connectivity index (χ0) is 32.1. The topological polar surface area (TPSA) is 77.9 Å². The van der Waals surface area contributed by atoms with Crippen molar-refractivity contribution >= 4 is 17.8 Å². The van der Waals surface area contributed by atoms with E-state index < -0.39 is 11.9 Å². The number of hydrogen-bond acceptors (Lipinski definition) is 3. The predicted molar refractivity (Wildman–Crippen MR) is 185 cm³/mol. The lowest BCUT2D eigenvalue weighted by molar-refractivity contribution is -0.144. The highest BCUT2D eigenvalue weighted by atomic mass is 16.4. The minimum Gasteiger partial charge on any atom is -0.481 e. The maximum absolute atomic E-state index is 12.9. The molecule has 0 aromatic heterocycles. The van der Waals surface area contributed by atoms with Gasteiger partial charge in [0.25, 0.3) is 0 Å². The first kappa shape index (κ1) is 40.4. The summed E-state index contributed by atoms with van der Waals surface area (Å²) in [5.74, 6) is -1.52. The fourth-order valence-corrected chi connectivity index (χ4v) is 6.53. The molecule has 2 amide bonds. The molecule has 1 aliphatic heterocycles. The van der Waals surface area contributed by atoms with Gasteiger partial charge >= 0.3 is 5.97 Å². The number of carbonyl (C=O) groups excluding carboxylic acids is 2. The standard InChI is InChI=1S/C38H72N2O4/c1-3-5-7-9-11-13-15-17-19-21-23-25-27-29-36(41)39-31-32-40(34-35(33-39)38(43)44)37(42)30-28-26-24-22-20-18-16-14-12-10-8-6-4-2/h35H,3-34H2,1-2H3,(H,43,44). The van der Waals surface area contributed by atoms with Crippen molar-refractivity contribution in [1.82, 2.24) is 9.80 Å². The van der Waals surface area contributed by atoms with Gasteiger partial charge < -0.3 is 14.9 Å². The van der Waals surface area contributed by atoms with Gasteiger partial charge in [-0.15, -0.1) is 0 Å². The second kappa shape index (κ2) is 28.9. The number of nitrogens with zero attached hydrogens (tertiary/aromatic N) is 2. The Morgan fingerprint density at radius 2 is 0.705 bits per heavy atom. The summed E-state index contributed by atoms with van der Waals surface area (Å²) >= 11 is 0. The van der Waals surface area contributed by atoms with Gasteiger partial charge in [-0.25, -0.2) is 0 Å². The van der Waals surface area contributed by atoms with E-state index in [2.05, 4.69) is 13.8 Å². The zero-order valence-electron chi connectivity index (χ0n) is 29.3.